The molecule has 1 nitrogen and oxygen atoms in total. The Morgan fingerprint density at radius 2 is 1.73 bits per heavy atom. The molecule has 0 saturated carbocycles. The minimum absolute atomic E-state index is 0.686. The second-order valence-electron chi connectivity index (χ2n) is 5.40. The topological polar surface area (TPSA) is 20.2 Å². The van der Waals surface area contributed by atoms with Crippen LogP contribution >= 0.6 is 0 Å². The third kappa shape index (κ3) is 3.40. The van der Waals surface area contributed by atoms with Gasteiger partial charge in [0.1, 0.15) is 6.10 Å². The molecule has 22 heavy (non-hydrogen) atoms. The Labute approximate surface area is 131 Å². The first kappa shape index (κ1) is 14.5. The molecule has 0 bridgehead atoms. The second kappa shape index (κ2) is 6.99. The van der Waals surface area contributed by atoms with E-state index in [0.717, 1.165) is 36.6 Å². The molecule has 1 N–H and O–H groups in total. The van der Waals surface area contributed by atoms with E-state index in [9.17, 15) is 5.11 Å². The van der Waals surface area contributed by atoms with Gasteiger partial charge in [0.15, 0.2) is 0 Å². The quantitative estimate of drug-likeness (QED) is 0.780. The lowest BCUT2D eigenvalue weighted by Crippen LogP contribution is -2.06. The Bertz CT molecular complexity index is 816. The van der Waals surface area contributed by atoms with Crippen LogP contribution < -0.4 is 0 Å². The van der Waals surface area contributed by atoms with E-state index in [4.69, 9.17) is 0 Å². The Morgan fingerprint density at radius 3 is 2.64 bits per heavy atom. The molecule has 3 rings (SSSR count). The van der Waals surface area contributed by atoms with Crippen LogP contribution in [0.15, 0.2) is 48.0 Å². The minimum atomic E-state index is -0.801. The van der Waals surface area contributed by atoms with Crippen molar-refractivity contribution in [1.29, 1.82) is 0 Å². The summed E-state index contributed by atoms with van der Waals surface area (Å²) in [4.78, 5) is 0. The largest absolute Gasteiger partial charge is 0.375 e. The molecule has 1 unspecified atom stereocenters. The first-order valence-corrected chi connectivity index (χ1v) is 7.69. The van der Waals surface area contributed by atoms with E-state index in [0.29, 0.717) is 5.57 Å². The molecule has 0 saturated heterocycles. The van der Waals surface area contributed by atoms with Crippen LogP contribution in [-0.4, -0.2) is 11.2 Å². The molecule has 1 aliphatic rings. The summed E-state index contributed by atoms with van der Waals surface area (Å²) in [5.74, 6) is 12.2. The molecule has 0 amide bonds. The van der Waals surface area contributed by atoms with Crippen LogP contribution in [0.3, 0.4) is 0 Å². The van der Waals surface area contributed by atoms with Gasteiger partial charge in [0.2, 0.25) is 0 Å². The van der Waals surface area contributed by atoms with Gasteiger partial charge in [-0.05, 0) is 35.3 Å². The fraction of sp³-hybridized carbons (Fsp3) is 0.238. The fourth-order valence-electron chi connectivity index (χ4n) is 2.57. The lowest BCUT2D eigenvalue weighted by molar-refractivity contribution is 0.274. The molecule has 108 valence electrons. The molecule has 0 heterocycles. The van der Waals surface area contributed by atoms with Gasteiger partial charge >= 0.3 is 0 Å². The number of hydrogen-bond acceptors (Lipinski definition) is 1. The molecule has 1 heteroatoms. The van der Waals surface area contributed by atoms with Crippen molar-refractivity contribution in [2.45, 2.75) is 31.8 Å². The average Bonchev–Trinajstić information content (AvgIpc) is 2.56. The first-order chi connectivity index (χ1) is 10.8. The molecule has 0 fully saturated rings. The van der Waals surface area contributed by atoms with Crippen LogP contribution in [-0.2, 0) is 0 Å². The van der Waals surface area contributed by atoms with Gasteiger partial charge in [-0.3, -0.25) is 0 Å². The van der Waals surface area contributed by atoms with Crippen molar-refractivity contribution < 1.29 is 5.11 Å². The smallest absolute Gasteiger partial charge is 0.147 e. The van der Waals surface area contributed by atoms with Crippen LogP contribution in [0.5, 0.6) is 0 Å². The van der Waals surface area contributed by atoms with Crippen LogP contribution in [0, 0.1) is 23.7 Å². The van der Waals surface area contributed by atoms with Crippen molar-refractivity contribution in [1.82, 2.24) is 0 Å². The van der Waals surface area contributed by atoms with Gasteiger partial charge in [-0.15, -0.1) is 5.92 Å². The molecule has 0 radical (unpaired) electrons. The fourth-order valence-corrected chi connectivity index (χ4v) is 2.57. The molecule has 1 aliphatic carbocycles. The lowest BCUT2D eigenvalue weighted by atomic mass is 10.00. The highest BCUT2D eigenvalue weighted by molar-refractivity contribution is 5.91. The Balaban J connectivity index is 2.06. The maximum Gasteiger partial charge on any atom is 0.147 e. The average molecular weight is 286 g/mol. The van der Waals surface area contributed by atoms with Crippen molar-refractivity contribution in [2.24, 2.45) is 0 Å². The molecular weight excluding hydrogens is 268 g/mol. The maximum atomic E-state index is 10.3. The van der Waals surface area contributed by atoms with E-state index in [1.54, 1.807) is 0 Å². The SMILES string of the molecule is OC1C#CCCCCC#CC1=Cc1cccc2ccccc12. The van der Waals surface area contributed by atoms with E-state index < -0.39 is 6.10 Å². The lowest BCUT2D eigenvalue weighted by Gasteiger charge is -2.07. The standard InChI is InChI=1S/C21H18O/c22-21-15-6-4-2-1-3-5-11-19(21)16-18-13-9-12-17-10-7-8-14-20(17)18/h7-10,12-14,16,21-22H,1-4H2. The maximum absolute atomic E-state index is 10.3. The molecule has 0 spiro atoms. The number of hydrogen-bond donors (Lipinski definition) is 1. The highest BCUT2D eigenvalue weighted by Gasteiger charge is 2.07. The van der Waals surface area contributed by atoms with E-state index in [1.165, 1.54) is 5.39 Å². The van der Waals surface area contributed by atoms with Gasteiger partial charge in [-0.25, -0.2) is 0 Å². The third-order valence-corrected chi connectivity index (χ3v) is 3.75. The van der Waals surface area contributed by atoms with Crippen LogP contribution in [0.1, 0.15) is 31.2 Å². The summed E-state index contributed by atoms with van der Waals surface area (Å²) in [6.45, 7) is 0. The predicted octanol–water partition coefficient (Wildman–Crippen LogP) is 4.16. The summed E-state index contributed by atoms with van der Waals surface area (Å²) in [7, 11) is 0. The van der Waals surface area contributed by atoms with E-state index in [2.05, 4.69) is 47.9 Å². The zero-order valence-corrected chi connectivity index (χ0v) is 12.5. The van der Waals surface area contributed by atoms with Crippen LogP contribution in [0.2, 0.25) is 0 Å². The van der Waals surface area contributed by atoms with Crippen molar-refractivity contribution in [3.05, 3.63) is 53.6 Å². The number of fused-ring (bicyclic) bond motifs is 1. The highest BCUT2D eigenvalue weighted by atomic mass is 16.3. The van der Waals surface area contributed by atoms with Crippen molar-refractivity contribution in [2.75, 3.05) is 0 Å². The Kier molecular flexibility index (Phi) is 4.59. The van der Waals surface area contributed by atoms with Crippen LogP contribution in [0.25, 0.3) is 16.8 Å². The van der Waals surface area contributed by atoms with Crippen molar-refractivity contribution in [3.63, 3.8) is 0 Å². The van der Waals surface area contributed by atoms with Gasteiger partial charge in [0.25, 0.3) is 0 Å². The Morgan fingerprint density at radius 1 is 0.955 bits per heavy atom. The molecule has 2 aromatic rings. The van der Waals surface area contributed by atoms with E-state index >= 15 is 0 Å². The van der Waals surface area contributed by atoms with Gasteiger partial charge < -0.3 is 5.11 Å². The highest BCUT2D eigenvalue weighted by Crippen LogP contribution is 2.21. The van der Waals surface area contributed by atoms with Crippen molar-refractivity contribution in [3.8, 4) is 23.7 Å². The Hall–Kier alpha value is -2.48. The normalized spacial score (nSPS) is 19.9. The number of benzene rings is 2. The monoisotopic (exact) mass is 286 g/mol. The van der Waals surface area contributed by atoms with Gasteiger partial charge in [0, 0.05) is 18.4 Å². The van der Waals surface area contributed by atoms with Gasteiger partial charge in [0.05, 0.1) is 0 Å². The zero-order valence-electron chi connectivity index (χ0n) is 12.5. The molecule has 2 aromatic carbocycles. The molecule has 0 aliphatic heterocycles. The summed E-state index contributed by atoms with van der Waals surface area (Å²) >= 11 is 0. The van der Waals surface area contributed by atoms with E-state index in [1.807, 2.05) is 24.3 Å². The second-order valence-corrected chi connectivity index (χ2v) is 5.40. The van der Waals surface area contributed by atoms with Gasteiger partial charge in [-0.1, -0.05) is 60.2 Å². The summed E-state index contributed by atoms with van der Waals surface area (Å²) in [5, 5.41) is 12.6. The molecular formula is C21H18O. The number of rotatable bonds is 1. The van der Waals surface area contributed by atoms with Crippen molar-refractivity contribution >= 4 is 16.8 Å². The molecule has 1 atom stereocenters. The third-order valence-electron chi connectivity index (χ3n) is 3.75. The predicted molar refractivity (Wildman–Crippen MR) is 92.0 cm³/mol. The molecule has 0 aromatic heterocycles. The summed E-state index contributed by atoms with van der Waals surface area (Å²) < 4.78 is 0. The van der Waals surface area contributed by atoms with Gasteiger partial charge in [-0.2, -0.15) is 0 Å². The number of aliphatic hydroxyl groups is 1. The summed E-state index contributed by atoms with van der Waals surface area (Å²) in [6, 6.07) is 14.4. The minimum Gasteiger partial charge on any atom is -0.375 e. The first-order valence-electron chi connectivity index (χ1n) is 7.69. The zero-order chi connectivity index (χ0) is 15.2. The number of aliphatic hydroxyl groups excluding tert-OH is 1. The van der Waals surface area contributed by atoms with E-state index in [-0.39, 0.29) is 0 Å². The summed E-state index contributed by atoms with van der Waals surface area (Å²) in [5.41, 5.74) is 1.76. The summed E-state index contributed by atoms with van der Waals surface area (Å²) in [6.07, 6.45) is 4.98. The van der Waals surface area contributed by atoms with Crippen LogP contribution in [0.4, 0.5) is 0 Å².